The molecular formula is C14H20O4. The van der Waals surface area contributed by atoms with Crippen LogP contribution in [-0.4, -0.2) is 29.1 Å². The lowest BCUT2D eigenvalue weighted by Gasteiger charge is -2.31. The van der Waals surface area contributed by atoms with E-state index >= 15 is 0 Å². The number of ether oxygens (including phenoxy) is 1. The third-order valence-electron chi connectivity index (χ3n) is 3.89. The number of ketones is 1. The van der Waals surface area contributed by atoms with Crippen LogP contribution in [0.15, 0.2) is 12.2 Å². The van der Waals surface area contributed by atoms with Gasteiger partial charge in [0.05, 0.1) is 18.6 Å². The van der Waals surface area contributed by atoms with Crippen LogP contribution >= 0.6 is 0 Å². The summed E-state index contributed by atoms with van der Waals surface area (Å²) >= 11 is 0. The number of esters is 1. The summed E-state index contributed by atoms with van der Waals surface area (Å²) in [5.41, 5.74) is 0. The molecule has 1 aliphatic carbocycles. The van der Waals surface area contributed by atoms with Crippen LogP contribution in [0.4, 0.5) is 0 Å². The molecule has 1 N–H and O–H groups in total. The highest BCUT2D eigenvalue weighted by atomic mass is 16.5. The lowest BCUT2D eigenvalue weighted by atomic mass is 9.75. The third kappa shape index (κ3) is 2.99. The molecule has 1 aliphatic heterocycles. The molecule has 4 nitrogen and oxygen atoms in total. The molecule has 1 unspecified atom stereocenters. The Hall–Kier alpha value is -1.16. The van der Waals surface area contributed by atoms with E-state index in [0.29, 0.717) is 0 Å². The molecule has 4 atom stereocenters. The summed E-state index contributed by atoms with van der Waals surface area (Å²) in [5, 5.41) is 9.94. The first-order valence-corrected chi connectivity index (χ1v) is 6.67. The maximum absolute atomic E-state index is 11.9. The molecule has 0 spiro atoms. The van der Waals surface area contributed by atoms with Gasteiger partial charge in [0.15, 0.2) is 5.78 Å². The van der Waals surface area contributed by atoms with E-state index in [1.165, 1.54) is 12.2 Å². The van der Waals surface area contributed by atoms with Crippen molar-refractivity contribution in [2.75, 3.05) is 0 Å². The molecule has 0 amide bonds. The average molecular weight is 252 g/mol. The van der Waals surface area contributed by atoms with Crippen molar-refractivity contribution in [1.82, 2.24) is 0 Å². The topological polar surface area (TPSA) is 63.6 Å². The Balaban J connectivity index is 2.15. The van der Waals surface area contributed by atoms with Crippen molar-refractivity contribution in [3.8, 4) is 0 Å². The molecule has 0 aromatic rings. The highest BCUT2D eigenvalue weighted by Gasteiger charge is 2.36. The van der Waals surface area contributed by atoms with Gasteiger partial charge in [-0.3, -0.25) is 9.59 Å². The van der Waals surface area contributed by atoms with Gasteiger partial charge in [-0.1, -0.05) is 12.5 Å². The molecule has 0 radical (unpaired) electrons. The number of aliphatic hydroxyl groups is 1. The lowest BCUT2D eigenvalue weighted by Crippen LogP contribution is -2.37. The fourth-order valence-corrected chi connectivity index (χ4v) is 2.85. The van der Waals surface area contributed by atoms with Crippen molar-refractivity contribution in [2.45, 2.75) is 51.2 Å². The average Bonchev–Trinajstić information content (AvgIpc) is 2.31. The molecule has 1 heterocycles. The Bertz CT molecular complexity index is 361. The zero-order valence-corrected chi connectivity index (χ0v) is 10.7. The quantitative estimate of drug-likeness (QED) is 0.665. The number of cyclic esters (lactones) is 1. The smallest absolute Gasteiger partial charge is 0.306 e. The van der Waals surface area contributed by atoms with E-state index in [1.54, 1.807) is 0 Å². The molecule has 2 rings (SSSR count). The fourth-order valence-electron chi connectivity index (χ4n) is 2.85. The first-order chi connectivity index (χ1) is 8.58. The van der Waals surface area contributed by atoms with Gasteiger partial charge < -0.3 is 9.84 Å². The molecule has 0 aromatic heterocycles. The number of fused-ring (bicyclic) bond motifs is 1. The molecule has 1 fully saturated rings. The van der Waals surface area contributed by atoms with Crippen LogP contribution in [0.25, 0.3) is 0 Å². The van der Waals surface area contributed by atoms with E-state index in [0.717, 1.165) is 25.7 Å². The second-order valence-corrected chi connectivity index (χ2v) is 5.31. The monoisotopic (exact) mass is 252 g/mol. The standard InChI is InChI=1S/C14H20O4/c1-9-4-2-3-5-10-11(8-14(17)18-9)13(16)7-6-12(10)15/h6-7,9-11,13,16H,2-5,8H2,1H3/t9-,10+,11+,13?/m0/s1. The van der Waals surface area contributed by atoms with E-state index in [2.05, 4.69) is 0 Å². The number of carbonyl (C=O) groups is 2. The second kappa shape index (κ2) is 5.65. The van der Waals surface area contributed by atoms with E-state index in [4.69, 9.17) is 4.74 Å². The van der Waals surface area contributed by atoms with Crippen LogP contribution in [0.3, 0.4) is 0 Å². The zero-order valence-electron chi connectivity index (χ0n) is 10.7. The Morgan fingerprint density at radius 2 is 2.00 bits per heavy atom. The molecule has 0 aromatic carbocycles. The highest BCUT2D eigenvalue weighted by Crippen LogP contribution is 2.32. The van der Waals surface area contributed by atoms with Crippen LogP contribution in [0.1, 0.15) is 39.0 Å². The van der Waals surface area contributed by atoms with Crippen LogP contribution < -0.4 is 0 Å². The Morgan fingerprint density at radius 3 is 2.78 bits per heavy atom. The van der Waals surface area contributed by atoms with Gasteiger partial charge in [-0.25, -0.2) is 0 Å². The minimum Gasteiger partial charge on any atom is -0.463 e. The summed E-state index contributed by atoms with van der Waals surface area (Å²) in [6.45, 7) is 1.89. The Kier molecular flexibility index (Phi) is 4.17. The van der Waals surface area contributed by atoms with E-state index in [-0.39, 0.29) is 36.1 Å². The van der Waals surface area contributed by atoms with Crippen molar-refractivity contribution in [1.29, 1.82) is 0 Å². The van der Waals surface area contributed by atoms with Crippen LogP contribution in [0.2, 0.25) is 0 Å². The van der Waals surface area contributed by atoms with E-state index in [9.17, 15) is 14.7 Å². The van der Waals surface area contributed by atoms with Crippen molar-refractivity contribution < 1.29 is 19.4 Å². The maximum Gasteiger partial charge on any atom is 0.306 e. The zero-order chi connectivity index (χ0) is 13.1. The molecule has 0 saturated carbocycles. The van der Waals surface area contributed by atoms with E-state index < -0.39 is 6.10 Å². The van der Waals surface area contributed by atoms with Gasteiger partial charge in [0.1, 0.15) is 0 Å². The van der Waals surface area contributed by atoms with Gasteiger partial charge in [0.25, 0.3) is 0 Å². The lowest BCUT2D eigenvalue weighted by molar-refractivity contribution is -0.152. The van der Waals surface area contributed by atoms with Gasteiger partial charge >= 0.3 is 5.97 Å². The SMILES string of the molecule is C[C@H]1CCCC[C@H]2C(=O)C=CC(O)[C@@H]2CC(=O)O1. The maximum atomic E-state index is 11.9. The molecule has 100 valence electrons. The summed E-state index contributed by atoms with van der Waals surface area (Å²) in [4.78, 5) is 23.6. The van der Waals surface area contributed by atoms with E-state index in [1.807, 2.05) is 6.92 Å². The number of hydrogen-bond acceptors (Lipinski definition) is 4. The van der Waals surface area contributed by atoms with Crippen molar-refractivity contribution in [2.24, 2.45) is 11.8 Å². The molecule has 0 bridgehead atoms. The highest BCUT2D eigenvalue weighted by molar-refractivity contribution is 5.93. The van der Waals surface area contributed by atoms with Crippen molar-refractivity contribution in [3.05, 3.63) is 12.2 Å². The Labute approximate surface area is 107 Å². The van der Waals surface area contributed by atoms with Crippen LogP contribution in [0, 0.1) is 11.8 Å². The molecule has 1 saturated heterocycles. The minimum atomic E-state index is -0.713. The second-order valence-electron chi connectivity index (χ2n) is 5.31. The van der Waals surface area contributed by atoms with Gasteiger partial charge in [0.2, 0.25) is 0 Å². The number of hydrogen-bond donors (Lipinski definition) is 1. The van der Waals surface area contributed by atoms with Crippen LogP contribution in [0.5, 0.6) is 0 Å². The Morgan fingerprint density at radius 1 is 1.28 bits per heavy atom. The molecule has 18 heavy (non-hydrogen) atoms. The molecular weight excluding hydrogens is 232 g/mol. The predicted molar refractivity (Wildman–Crippen MR) is 65.8 cm³/mol. The van der Waals surface area contributed by atoms with Crippen LogP contribution in [-0.2, 0) is 14.3 Å². The number of aliphatic hydroxyl groups excluding tert-OH is 1. The minimum absolute atomic E-state index is 0.0340. The summed E-state index contributed by atoms with van der Waals surface area (Å²) < 4.78 is 5.27. The third-order valence-corrected chi connectivity index (χ3v) is 3.89. The first-order valence-electron chi connectivity index (χ1n) is 6.67. The molecule has 4 heteroatoms. The first kappa shape index (κ1) is 13.3. The predicted octanol–water partition coefficient (Wildman–Crippen LogP) is 1.61. The normalized spacial score (nSPS) is 37.9. The van der Waals surface area contributed by atoms with Gasteiger partial charge in [-0.15, -0.1) is 0 Å². The number of rotatable bonds is 0. The number of allylic oxidation sites excluding steroid dienone is 1. The largest absolute Gasteiger partial charge is 0.463 e. The number of carbonyl (C=O) groups excluding carboxylic acids is 2. The summed E-state index contributed by atoms with van der Waals surface area (Å²) in [5.74, 6) is -0.820. The fraction of sp³-hybridized carbons (Fsp3) is 0.714. The van der Waals surface area contributed by atoms with Gasteiger partial charge in [-0.2, -0.15) is 0 Å². The molecule has 2 aliphatic rings. The summed E-state index contributed by atoms with van der Waals surface area (Å²) in [6.07, 6.45) is 5.78. The van der Waals surface area contributed by atoms with Gasteiger partial charge in [-0.05, 0) is 32.3 Å². The van der Waals surface area contributed by atoms with Crippen molar-refractivity contribution >= 4 is 11.8 Å². The van der Waals surface area contributed by atoms with Gasteiger partial charge in [0, 0.05) is 11.8 Å². The summed E-state index contributed by atoms with van der Waals surface area (Å²) in [6, 6.07) is 0. The summed E-state index contributed by atoms with van der Waals surface area (Å²) in [7, 11) is 0. The van der Waals surface area contributed by atoms with Crippen molar-refractivity contribution in [3.63, 3.8) is 0 Å².